The predicted molar refractivity (Wildman–Crippen MR) is 55.2 cm³/mol. The average molecular weight is 259 g/mol. The van der Waals surface area contributed by atoms with E-state index in [0.29, 0.717) is 12.1 Å². The topological polar surface area (TPSA) is 86.1 Å². The van der Waals surface area contributed by atoms with Crippen molar-refractivity contribution in [2.75, 3.05) is 0 Å². The summed E-state index contributed by atoms with van der Waals surface area (Å²) in [4.78, 5) is 12.9. The van der Waals surface area contributed by atoms with Crippen molar-refractivity contribution in [3.8, 4) is 0 Å². The van der Waals surface area contributed by atoms with Crippen LogP contribution in [0.1, 0.15) is 12.0 Å². The van der Waals surface area contributed by atoms with Crippen molar-refractivity contribution >= 4 is 5.97 Å². The van der Waals surface area contributed by atoms with Gasteiger partial charge in [0.1, 0.15) is 5.82 Å². The molecule has 0 aliphatic heterocycles. The Bertz CT molecular complexity index is 515. The van der Waals surface area contributed by atoms with Crippen LogP contribution in [0.25, 0.3) is 10.4 Å². The van der Waals surface area contributed by atoms with Gasteiger partial charge >= 0.3 is 5.97 Å². The summed E-state index contributed by atoms with van der Waals surface area (Å²) in [6.45, 7) is 0. The van der Waals surface area contributed by atoms with Crippen LogP contribution in [-0.2, 0) is 11.2 Å². The number of carbonyl (C=O) groups is 1. The second-order valence-corrected chi connectivity index (χ2v) is 3.52. The van der Waals surface area contributed by atoms with E-state index in [0.717, 1.165) is 0 Å². The Morgan fingerprint density at radius 3 is 2.50 bits per heavy atom. The van der Waals surface area contributed by atoms with Gasteiger partial charge in [-0.25, -0.2) is 13.2 Å². The van der Waals surface area contributed by atoms with E-state index in [4.69, 9.17) is 10.6 Å². The second kappa shape index (κ2) is 5.92. The number of hydrogen-bond acceptors (Lipinski definition) is 2. The summed E-state index contributed by atoms with van der Waals surface area (Å²) in [5, 5.41) is 11.7. The van der Waals surface area contributed by atoms with E-state index in [9.17, 15) is 18.0 Å². The Morgan fingerprint density at radius 1 is 1.33 bits per heavy atom. The van der Waals surface area contributed by atoms with Gasteiger partial charge in [-0.3, -0.25) is 4.79 Å². The molecule has 1 atom stereocenters. The van der Waals surface area contributed by atoms with Gasteiger partial charge in [0.15, 0.2) is 11.6 Å². The van der Waals surface area contributed by atoms with E-state index in [-0.39, 0.29) is 12.0 Å². The average Bonchev–Trinajstić information content (AvgIpc) is 2.25. The third-order valence-corrected chi connectivity index (χ3v) is 2.17. The summed E-state index contributed by atoms with van der Waals surface area (Å²) >= 11 is 0. The Kier molecular flexibility index (Phi) is 4.56. The molecule has 1 rings (SSSR count). The number of benzene rings is 1. The summed E-state index contributed by atoms with van der Waals surface area (Å²) in [7, 11) is 0. The predicted octanol–water partition coefficient (Wildman–Crippen LogP) is 2.80. The number of azide groups is 1. The van der Waals surface area contributed by atoms with Gasteiger partial charge in [0.25, 0.3) is 0 Å². The third-order valence-electron chi connectivity index (χ3n) is 2.17. The normalized spacial score (nSPS) is 11.7. The number of carboxylic acid groups (broad SMARTS) is 1. The Balaban J connectivity index is 2.96. The molecule has 18 heavy (non-hydrogen) atoms. The molecule has 96 valence electrons. The molecule has 0 spiro atoms. The largest absolute Gasteiger partial charge is 0.481 e. The van der Waals surface area contributed by atoms with Crippen LogP contribution in [0.2, 0.25) is 0 Å². The van der Waals surface area contributed by atoms with Gasteiger partial charge in [-0.1, -0.05) is 5.11 Å². The monoisotopic (exact) mass is 259 g/mol. The first-order valence-electron chi connectivity index (χ1n) is 4.83. The Hall–Kier alpha value is -2.21. The molecular formula is C10H8F3N3O2. The van der Waals surface area contributed by atoms with Gasteiger partial charge < -0.3 is 5.11 Å². The van der Waals surface area contributed by atoms with Crippen molar-refractivity contribution in [3.05, 3.63) is 45.6 Å². The molecule has 0 saturated heterocycles. The van der Waals surface area contributed by atoms with Crippen LogP contribution >= 0.6 is 0 Å². The van der Waals surface area contributed by atoms with Crippen molar-refractivity contribution in [2.24, 2.45) is 5.11 Å². The van der Waals surface area contributed by atoms with E-state index in [1.807, 2.05) is 0 Å². The zero-order valence-corrected chi connectivity index (χ0v) is 8.98. The minimum absolute atomic E-state index is 0.243. The molecule has 1 aromatic carbocycles. The van der Waals surface area contributed by atoms with E-state index in [1.165, 1.54) is 0 Å². The van der Waals surface area contributed by atoms with Crippen molar-refractivity contribution in [2.45, 2.75) is 18.9 Å². The summed E-state index contributed by atoms with van der Waals surface area (Å²) in [5.74, 6) is -4.84. The number of nitrogens with zero attached hydrogens (tertiary/aromatic N) is 3. The summed E-state index contributed by atoms with van der Waals surface area (Å²) in [6.07, 6.45) is -0.845. The zero-order chi connectivity index (χ0) is 13.7. The van der Waals surface area contributed by atoms with Gasteiger partial charge in [-0.2, -0.15) is 0 Å². The van der Waals surface area contributed by atoms with Crippen LogP contribution in [-0.4, -0.2) is 17.1 Å². The molecular weight excluding hydrogens is 251 g/mol. The lowest BCUT2D eigenvalue weighted by molar-refractivity contribution is -0.137. The summed E-state index contributed by atoms with van der Waals surface area (Å²) in [5.41, 5.74) is 7.99. The highest BCUT2D eigenvalue weighted by Crippen LogP contribution is 2.17. The molecule has 1 N–H and O–H groups in total. The fourth-order valence-electron chi connectivity index (χ4n) is 1.40. The maximum absolute atomic E-state index is 13.3. The van der Waals surface area contributed by atoms with Crippen LogP contribution in [0.5, 0.6) is 0 Å². The lowest BCUT2D eigenvalue weighted by atomic mass is 10.0. The van der Waals surface area contributed by atoms with Crippen LogP contribution < -0.4 is 0 Å². The highest BCUT2D eigenvalue weighted by Gasteiger charge is 2.17. The van der Waals surface area contributed by atoms with E-state index in [2.05, 4.69) is 10.0 Å². The quantitative estimate of drug-likeness (QED) is 0.381. The molecule has 0 bridgehead atoms. The number of halogens is 3. The van der Waals surface area contributed by atoms with Gasteiger partial charge in [0, 0.05) is 11.0 Å². The van der Waals surface area contributed by atoms with Crippen LogP contribution in [0.15, 0.2) is 17.2 Å². The fraction of sp³-hybridized carbons (Fsp3) is 0.300. The molecule has 0 heterocycles. The SMILES string of the molecule is [N-]=[N+]=N[C@H](CC(=O)O)Cc1cc(F)c(F)cc1F. The molecule has 0 aliphatic carbocycles. The molecule has 0 fully saturated rings. The maximum Gasteiger partial charge on any atom is 0.303 e. The molecule has 0 radical (unpaired) electrons. The minimum Gasteiger partial charge on any atom is -0.481 e. The first kappa shape index (κ1) is 13.9. The van der Waals surface area contributed by atoms with Crippen molar-refractivity contribution in [1.29, 1.82) is 0 Å². The van der Waals surface area contributed by atoms with E-state index < -0.39 is 35.9 Å². The van der Waals surface area contributed by atoms with E-state index in [1.54, 1.807) is 0 Å². The first-order valence-corrected chi connectivity index (χ1v) is 4.83. The van der Waals surface area contributed by atoms with Gasteiger partial charge in [0.2, 0.25) is 0 Å². The molecule has 0 aliphatic rings. The first-order chi connectivity index (χ1) is 8.43. The Labute approximate surface area is 99.5 Å². The molecule has 0 saturated carbocycles. The van der Waals surface area contributed by atoms with Crippen molar-refractivity contribution in [3.63, 3.8) is 0 Å². The van der Waals surface area contributed by atoms with Gasteiger partial charge in [-0.05, 0) is 23.6 Å². The van der Waals surface area contributed by atoms with Crippen LogP contribution in [0.3, 0.4) is 0 Å². The molecule has 5 nitrogen and oxygen atoms in total. The van der Waals surface area contributed by atoms with E-state index >= 15 is 0 Å². The number of rotatable bonds is 5. The highest BCUT2D eigenvalue weighted by atomic mass is 19.2. The summed E-state index contributed by atoms with van der Waals surface area (Å²) in [6, 6.07) is -0.0859. The fourth-order valence-corrected chi connectivity index (χ4v) is 1.40. The van der Waals surface area contributed by atoms with Crippen LogP contribution in [0.4, 0.5) is 13.2 Å². The van der Waals surface area contributed by atoms with Crippen molar-refractivity contribution < 1.29 is 23.1 Å². The summed E-state index contributed by atoms with van der Waals surface area (Å²) < 4.78 is 38.8. The lowest BCUT2D eigenvalue weighted by Crippen LogP contribution is -2.14. The van der Waals surface area contributed by atoms with Gasteiger partial charge in [-0.15, -0.1) is 0 Å². The number of hydrogen-bond donors (Lipinski definition) is 1. The molecule has 0 amide bonds. The number of carboxylic acids is 1. The molecule has 0 unspecified atom stereocenters. The number of aliphatic carboxylic acids is 1. The highest BCUT2D eigenvalue weighted by molar-refractivity contribution is 5.67. The lowest BCUT2D eigenvalue weighted by Gasteiger charge is -2.09. The van der Waals surface area contributed by atoms with Gasteiger partial charge in [0.05, 0.1) is 12.5 Å². The molecule has 1 aromatic rings. The molecule has 0 aromatic heterocycles. The van der Waals surface area contributed by atoms with Crippen LogP contribution in [0, 0.1) is 17.5 Å². The standard InChI is InChI=1S/C10H8F3N3O2/c11-7-4-9(13)8(12)2-5(7)1-6(15-16-14)3-10(17)18/h2,4,6H,1,3H2,(H,17,18)/t6-/m0/s1. The second-order valence-electron chi connectivity index (χ2n) is 3.52. The minimum atomic E-state index is -1.34. The molecule has 8 heteroatoms. The smallest absolute Gasteiger partial charge is 0.303 e. The Morgan fingerprint density at radius 2 is 1.94 bits per heavy atom. The maximum atomic E-state index is 13.3. The zero-order valence-electron chi connectivity index (χ0n) is 8.98. The van der Waals surface area contributed by atoms with Crippen molar-refractivity contribution in [1.82, 2.24) is 0 Å². The third kappa shape index (κ3) is 3.67.